The molecule has 0 saturated carbocycles. The standard InChI is InChI=1S/C10H18O3/c1-7(2)9(12)5-6-10(4,13)8(3)11/h5-8,11,13H,1-4H3/b6-5+. The molecule has 0 aromatic carbocycles. The number of carbonyl (C=O) groups is 1. The highest BCUT2D eigenvalue weighted by atomic mass is 16.3. The summed E-state index contributed by atoms with van der Waals surface area (Å²) in [4.78, 5) is 11.1. The first kappa shape index (κ1) is 12.3. The summed E-state index contributed by atoms with van der Waals surface area (Å²) in [6.07, 6.45) is 1.76. The van der Waals surface area contributed by atoms with Gasteiger partial charge in [-0.2, -0.15) is 0 Å². The Labute approximate surface area is 79.1 Å². The van der Waals surface area contributed by atoms with E-state index in [0.29, 0.717) is 0 Å². The van der Waals surface area contributed by atoms with E-state index in [1.165, 1.54) is 26.0 Å². The molecule has 0 amide bonds. The minimum absolute atomic E-state index is 0.0547. The molecule has 0 aromatic heterocycles. The summed E-state index contributed by atoms with van der Waals surface area (Å²) in [6, 6.07) is 0. The molecule has 2 atom stereocenters. The molecule has 0 saturated heterocycles. The van der Waals surface area contributed by atoms with Crippen molar-refractivity contribution < 1.29 is 15.0 Å². The Hall–Kier alpha value is -0.670. The van der Waals surface area contributed by atoms with Gasteiger partial charge in [0, 0.05) is 5.92 Å². The smallest absolute Gasteiger partial charge is 0.157 e. The molecule has 2 unspecified atom stereocenters. The molecular formula is C10H18O3. The summed E-state index contributed by atoms with van der Waals surface area (Å²) >= 11 is 0. The Morgan fingerprint density at radius 2 is 1.85 bits per heavy atom. The van der Waals surface area contributed by atoms with E-state index in [4.69, 9.17) is 5.11 Å². The molecular weight excluding hydrogens is 168 g/mol. The van der Waals surface area contributed by atoms with Gasteiger partial charge in [-0.05, 0) is 26.0 Å². The Morgan fingerprint density at radius 3 is 2.15 bits per heavy atom. The Balaban J connectivity index is 4.35. The highest BCUT2D eigenvalue weighted by Crippen LogP contribution is 2.11. The minimum Gasteiger partial charge on any atom is -0.390 e. The monoisotopic (exact) mass is 186 g/mol. The van der Waals surface area contributed by atoms with Gasteiger partial charge in [0.1, 0.15) is 5.60 Å². The van der Waals surface area contributed by atoms with Crippen LogP contribution in [0.5, 0.6) is 0 Å². The van der Waals surface area contributed by atoms with Crippen LogP contribution in [0.2, 0.25) is 0 Å². The molecule has 3 heteroatoms. The molecule has 0 aliphatic carbocycles. The molecule has 0 bridgehead atoms. The zero-order valence-electron chi connectivity index (χ0n) is 8.61. The molecule has 0 aliphatic heterocycles. The van der Waals surface area contributed by atoms with Crippen LogP contribution in [0.4, 0.5) is 0 Å². The summed E-state index contributed by atoms with van der Waals surface area (Å²) in [7, 11) is 0. The first-order valence-electron chi connectivity index (χ1n) is 4.41. The van der Waals surface area contributed by atoms with Gasteiger partial charge < -0.3 is 10.2 Å². The minimum atomic E-state index is -1.33. The van der Waals surface area contributed by atoms with Crippen molar-refractivity contribution in [2.45, 2.75) is 39.4 Å². The van der Waals surface area contributed by atoms with Crippen LogP contribution in [0.3, 0.4) is 0 Å². The quantitative estimate of drug-likeness (QED) is 0.641. The largest absolute Gasteiger partial charge is 0.390 e. The lowest BCUT2D eigenvalue weighted by Gasteiger charge is -2.22. The number of allylic oxidation sites excluding steroid dienone is 1. The van der Waals surface area contributed by atoms with Crippen molar-refractivity contribution in [3.8, 4) is 0 Å². The van der Waals surface area contributed by atoms with E-state index in [9.17, 15) is 9.90 Å². The summed E-state index contributed by atoms with van der Waals surface area (Å²) in [5, 5.41) is 18.7. The predicted molar refractivity (Wildman–Crippen MR) is 51.3 cm³/mol. The third kappa shape index (κ3) is 4.20. The average molecular weight is 186 g/mol. The van der Waals surface area contributed by atoms with E-state index in [0.717, 1.165) is 0 Å². The van der Waals surface area contributed by atoms with Gasteiger partial charge >= 0.3 is 0 Å². The highest BCUT2D eigenvalue weighted by Gasteiger charge is 2.23. The number of aliphatic hydroxyl groups excluding tert-OH is 1. The first-order valence-corrected chi connectivity index (χ1v) is 4.41. The first-order chi connectivity index (χ1) is 5.77. The topological polar surface area (TPSA) is 57.5 Å². The summed E-state index contributed by atoms with van der Waals surface area (Å²) in [6.45, 7) is 6.50. The molecule has 0 spiro atoms. The number of hydrogen-bond acceptors (Lipinski definition) is 3. The number of rotatable bonds is 4. The Kier molecular flexibility index (Phi) is 4.30. The lowest BCUT2D eigenvalue weighted by Crippen LogP contribution is -2.34. The fourth-order valence-electron chi connectivity index (χ4n) is 0.583. The molecule has 3 nitrogen and oxygen atoms in total. The predicted octanol–water partition coefficient (Wildman–Crippen LogP) is 0.899. The molecule has 0 aliphatic rings. The molecule has 0 aromatic rings. The van der Waals surface area contributed by atoms with Gasteiger partial charge in [0.05, 0.1) is 6.10 Å². The van der Waals surface area contributed by atoms with Crippen LogP contribution in [0.15, 0.2) is 12.2 Å². The van der Waals surface area contributed by atoms with Crippen LogP contribution in [0.25, 0.3) is 0 Å². The van der Waals surface area contributed by atoms with Crippen LogP contribution < -0.4 is 0 Å². The lowest BCUT2D eigenvalue weighted by atomic mass is 9.98. The summed E-state index contributed by atoms with van der Waals surface area (Å²) in [5.41, 5.74) is -1.33. The molecule has 0 fully saturated rings. The average Bonchev–Trinajstić information content (AvgIpc) is 1.99. The molecule has 0 radical (unpaired) electrons. The van der Waals surface area contributed by atoms with Gasteiger partial charge in [-0.1, -0.05) is 13.8 Å². The fourth-order valence-corrected chi connectivity index (χ4v) is 0.583. The van der Waals surface area contributed by atoms with Crippen molar-refractivity contribution in [3.63, 3.8) is 0 Å². The van der Waals surface area contributed by atoms with Crippen LogP contribution >= 0.6 is 0 Å². The maximum Gasteiger partial charge on any atom is 0.157 e. The van der Waals surface area contributed by atoms with E-state index in [1.807, 2.05) is 0 Å². The van der Waals surface area contributed by atoms with Crippen molar-refractivity contribution in [1.82, 2.24) is 0 Å². The van der Waals surface area contributed by atoms with Crippen LogP contribution in [-0.2, 0) is 4.79 Å². The van der Waals surface area contributed by atoms with Crippen LogP contribution in [-0.4, -0.2) is 27.7 Å². The molecule has 2 N–H and O–H groups in total. The normalized spacial score (nSPS) is 19.0. The number of aliphatic hydroxyl groups is 2. The molecule has 76 valence electrons. The number of ketones is 1. The SMILES string of the molecule is CC(C)C(=O)/C=C/C(C)(O)C(C)O. The zero-order chi connectivity index (χ0) is 10.6. The van der Waals surface area contributed by atoms with Crippen LogP contribution in [0, 0.1) is 5.92 Å². The Morgan fingerprint density at radius 1 is 1.38 bits per heavy atom. The second kappa shape index (κ2) is 4.53. The fraction of sp³-hybridized carbons (Fsp3) is 0.700. The van der Waals surface area contributed by atoms with E-state index >= 15 is 0 Å². The molecule has 13 heavy (non-hydrogen) atoms. The maximum absolute atomic E-state index is 11.1. The Bertz CT molecular complexity index is 202. The number of hydrogen-bond donors (Lipinski definition) is 2. The van der Waals surface area contributed by atoms with E-state index < -0.39 is 11.7 Å². The van der Waals surface area contributed by atoms with Crippen molar-refractivity contribution in [3.05, 3.63) is 12.2 Å². The maximum atomic E-state index is 11.1. The van der Waals surface area contributed by atoms with Crippen molar-refractivity contribution in [1.29, 1.82) is 0 Å². The van der Waals surface area contributed by atoms with Gasteiger partial charge in [0.15, 0.2) is 5.78 Å². The third-order valence-electron chi connectivity index (χ3n) is 2.00. The highest BCUT2D eigenvalue weighted by molar-refractivity contribution is 5.91. The van der Waals surface area contributed by atoms with E-state index in [1.54, 1.807) is 13.8 Å². The third-order valence-corrected chi connectivity index (χ3v) is 2.00. The van der Waals surface area contributed by atoms with Crippen LogP contribution in [0.1, 0.15) is 27.7 Å². The molecule has 0 rings (SSSR count). The van der Waals surface area contributed by atoms with E-state index in [2.05, 4.69) is 0 Å². The lowest BCUT2D eigenvalue weighted by molar-refractivity contribution is -0.117. The summed E-state index contributed by atoms with van der Waals surface area (Å²) in [5.74, 6) is -0.137. The summed E-state index contributed by atoms with van der Waals surface area (Å²) < 4.78 is 0. The second-order valence-electron chi connectivity index (χ2n) is 3.79. The molecule has 0 heterocycles. The van der Waals surface area contributed by atoms with Crippen molar-refractivity contribution in [2.75, 3.05) is 0 Å². The van der Waals surface area contributed by atoms with Crippen molar-refractivity contribution >= 4 is 5.78 Å². The van der Waals surface area contributed by atoms with Gasteiger partial charge in [-0.25, -0.2) is 0 Å². The van der Waals surface area contributed by atoms with Gasteiger partial charge in [-0.3, -0.25) is 4.79 Å². The van der Waals surface area contributed by atoms with Gasteiger partial charge in [0.25, 0.3) is 0 Å². The van der Waals surface area contributed by atoms with Crippen molar-refractivity contribution in [2.24, 2.45) is 5.92 Å². The van der Waals surface area contributed by atoms with Gasteiger partial charge in [-0.15, -0.1) is 0 Å². The van der Waals surface area contributed by atoms with E-state index in [-0.39, 0.29) is 11.7 Å². The second-order valence-corrected chi connectivity index (χ2v) is 3.79. The zero-order valence-corrected chi connectivity index (χ0v) is 8.61. The van der Waals surface area contributed by atoms with Gasteiger partial charge in [0.2, 0.25) is 0 Å². The number of carbonyl (C=O) groups excluding carboxylic acids is 1.